The lowest BCUT2D eigenvalue weighted by Gasteiger charge is -2.34. The van der Waals surface area contributed by atoms with E-state index in [1.165, 1.54) is 5.69 Å². The zero-order chi connectivity index (χ0) is 19.0. The number of hydrogen-bond donors (Lipinski definition) is 1. The molecular formula is C20H27N7. The standard InChI is InChI=1S/C20H27N7/c1-14(2)27-15(3)22-18-13-21-20(24-19(18)27)23-16-5-7-17(8-6-16)26-11-9-25(4)10-12-26/h5-8,13-14H,9-12H2,1-4H3,(H,21,23,24). The Morgan fingerprint density at radius 2 is 1.70 bits per heavy atom. The van der Waals surface area contributed by atoms with Crippen LogP contribution in [0.25, 0.3) is 11.2 Å². The molecule has 3 aromatic rings. The first-order valence-electron chi connectivity index (χ1n) is 9.53. The Hall–Kier alpha value is -2.67. The third kappa shape index (κ3) is 3.60. The van der Waals surface area contributed by atoms with Crippen molar-refractivity contribution in [3.63, 3.8) is 0 Å². The molecule has 1 aliphatic rings. The van der Waals surface area contributed by atoms with Crippen LogP contribution in [0.15, 0.2) is 30.5 Å². The van der Waals surface area contributed by atoms with E-state index >= 15 is 0 Å². The Balaban J connectivity index is 1.53. The molecule has 4 rings (SSSR count). The van der Waals surface area contributed by atoms with Crippen LogP contribution in [0.2, 0.25) is 0 Å². The average Bonchev–Trinajstić information content (AvgIpc) is 2.98. The van der Waals surface area contributed by atoms with E-state index in [1.807, 2.05) is 6.92 Å². The molecule has 0 saturated carbocycles. The molecule has 1 aromatic carbocycles. The number of nitrogens with one attached hydrogen (secondary N) is 1. The van der Waals surface area contributed by atoms with E-state index in [0.717, 1.165) is 48.9 Å². The van der Waals surface area contributed by atoms with Crippen LogP contribution in [0.1, 0.15) is 25.7 Å². The fraction of sp³-hybridized carbons (Fsp3) is 0.450. The third-order valence-corrected chi connectivity index (χ3v) is 5.12. The van der Waals surface area contributed by atoms with E-state index in [0.29, 0.717) is 12.0 Å². The summed E-state index contributed by atoms with van der Waals surface area (Å²) >= 11 is 0. The Morgan fingerprint density at radius 1 is 1.00 bits per heavy atom. The van der Waals surface area contributed by atoms with Crippen molar-refractivity contribution in [2.75, 3.05) is 43.4 Å². The van der Waals surface area contributed by atoms with Crippen molar-refractivity contribution in [1.82, 2.24) is 24.4 Å². The van der Waals surface area contributed by atoms with E-state index in [-0.39, 0.29) is 0 Å². The van der Waals surface area contributed by atoms with Gasteiger partial charge in [-0.1, -0.05) is 0 Å². The number of aromatic nitrogens is 4. The molecule has 7 nitrogen and oxygen atoms in total. The summed E-state index contributed by atoms with van der Waals surface area (Å²) in [5, 5.41) is 3.32. The maximum Gasteiger partial charge on any atom is 0.229 e. The topological polar surface area (TPSA) is 62.1 Å². The molecule has 1 saturated heterocycles. The van der Waals surface area contributed by atoms with E-state index in [1.54, 1.807) is 6.20 Å². The highest BCUT2D eigenvalue weighted by Crippen LogP contribution is 2.23. The number of imidazole rings is 1. The zero-order valence-corrected chi connectivity index (χ0v) is 16.5. The minimum atomic E-state index is 0.306. The first kappa shape index (κ1) is 17.7. The third-order valence-electron chi connectivity index (χ3n) is 5.12. The van der Waals surface area contributed by atoms with Crippen molar-refractivity contribution >= 4 is 28.5 Å². The summed E-state index contributed by atoms with van der Waals surface area (Å²) in [6, 6.07) is 8.81. The van der Waals surface area contributed by atoms with Gasteiger partial charge in [0.2, 0.25) is 5.95 Å². The summed E-state index contributed by atoms with van der Waals surface area (Å²) in [6.45, 7) is 10.6. The number of anilines is 3. The van der Waals surface area contributed by atoms with Gasteiger partial charge in [0.15, 0.2) is 5.65 Å². The van der Waals surface area contributed by atoms with Gasteiger partial charge in [-0.15, -0.1) is 0 Å². The highest BCUT2D eigenvalue weighted by atomic mass is 15.2. The molecular weight excluding hydrogens is 338 g/mol. The predicted molar refractivity (Wildman–Crippen MR) is 110 cm³/mol. The first-order valence-corrected chi connectivity index (χ1v) is 9.53. The summed E-state index contributed by atoms with van der Waals surface area (Å²) in [5.74, 6) is 1.56. The fourth-order valence-electron chi connectivity index (χ4n) is 3.63. The number of rotatable bonds is 4. The van der Waals surface area contributed by atoms with Gasteiger partial charge in [-0.25, -0.2) is 9.97 Å². The summed E-state index contributed by atoms with van der Waals surface area (Å²) in [6.07, 6.45) is 1.79. The quantitative estimate of drug-likeness (QED) is 0.766. The summed E-state index contributed by atoms with van der Waals surface area (Å²) in [4.78, 5) is 18.5. The summed E-state index contributed by atoms with van der Waals surface area (Å²) < 4.78 is 2.14. The highest BCUT2D eigenvalue weighted by Gasteiger charge is 2.15. The molecule has 27 heavy (non-hydrogen) atoms. The summed E-state index contributed by atoms with van der Waals surface area (Å²) in [5.41, 5.74) is 3.95. The average molecular weight is 365 g/mol. The molecule has 0 spiro atoms. The van der Waals surface area contributed by atoms with Crippen LogP contribution in [-0.4, -0.2) is 57.6 Å². The fourth-order valence-corrected chi connectivity index (χ4v) is 3.63. The zero-order valence-electron chi connectivity index (χ0n) is 16.5. The van der Waals surface area contributed by atoms with Crippen molar-refractivity contribution in [1.29, 1.82) is 0 Å². The lowest BCUT2D eigenvalue weighted by Crippen LogP contribution is -2.44. The van der Waals surface area contributed by atoms with Crippen molar-refractivity contribution in [2.24, 2.45) is 0 Å². The van der Waals surface area contributed by atoms with Crippen LogP contribution in [0, 0.1) is 6.92 Å². The first-order chi connectivity index (χ1) is 13.0. The van der Waals surface area contributed by atoms with Crippen LogP contribution < -0.4 is 10.2 Å². The van der Waals surface area contributed by atoms with Crippen LogP contribution >= 0.6 is 0 Å². The van der Waals surface area contributed by atoms with Crippen molar-refractivity contribution < 1.29 is 0 Å². The molecule has 0 amide bonds. The van der Waals surface area contributed by atoms with Crippen LogP contribution in [0.4, 0.5) is 17.3 Å². The van der Waals surface area contributed by atoms with Crippen molar-refractivity contribution in [3.8, 4) is 0 Å². The summed E-state index contributed by atoms with van der Waals surface area (Å²) in [7, 11) is 2.17. The SMILES string of the molecule is Cc1nc2cnc(Nc3ccc(N4CCN(C)CC4)cc3)nc2n1C(C)C. The van der Waals surface area contributed by atoms with Gasteiger partial charge in [0.1, 0.15) is 11.3 Å². The molecule has 0 unspecified atom stereocenters. The van der Waals surface area contributed by atoms with Gasteiger partial charge in [0.25, 0.3) is 0 Å². The maximum absolute atomic E-state index is 4.70. The van der Waals surface area contributed by atoms with E-state index < -0.39 is 0 Å². The van der Waals surface area contributed by atoms with Gasteiger partial charge in [0.05, 0.1) is 6.20 Å². The lowest BCUT2D eigenvalue weighted by molar-refractivity contribution is 0.313. The second-order valence-corrected chi connectivity index (χ2v) is 7.49. The number of likely N-dealkylation sites (N-methyl/N-ethyl adjacent to an activating group) is 1. The molecule has 1 N–H and O–H groups in total. The molecule has 7 heteroatoms. The van der Waals surface area contributed by atoms with Crippen molar-refractivity contribution in [2.45, 2.75) is 26.8 Å². The number of hydrogen-bond acceptors (Lipinski definition) is 6. The molecule has 142 valence electrons. The van der Waals surface area contributed by atoms with E-state index in [9.17, 15) is 0 Å². The van der Waals surface area contributed by atoms with Crippen molar-refractivity contribution in [3.05, 3.63) is 36.3 Å². The van der Waals surface area contributed by atoms with Crippen LogP contribution in [0.3, 0.4) is 0 Å². The molecule has 0 aliphatic carbocycles. The number of nitrogens with zero attached hydrogens (tertiary/aromatic N) is 6. The van der Waals surface area contributed by atoms with Gasteiger partial charge in [-0.2, -0.15) is 4.98 Å². The Morgan fingerprint density at radius 3 is 2.37 bits per heavy atom. The van der Waals surface area contributed by atoms with Gasteiger partial charge >= 0.3 is 0 Å². The number of fused-ring (bicyclic) bond motifs is 1. The van der Waals surface area contributed by atoms with Gasteiger partial charge in [0, 0.05) is 43.6 Å². The molecule has 0 atom stereocenters. The minimum Gasteiger partial charge on any atom is -0.369 e. The molecule has 1 fully saturated rings. The minimum absolute atomic E-state index is 0.306. The van der Waals surface area contributed by atoms with E-state index in [4.69, 9.17) is 4.98 Å². The van der Waals surface area contributed by atoms with Gasteiger partial charge in [-0.05, 0) is 52.1 Å². The molecule has 1 aliphatic heterocycles. The van der Waals surface area contributed by atoms with Crippen LogP contribution in [-0.2, 0) is 0 Å². The molecule has 0 bridgehead atoms. The molecule has 2 aromatic heterocycles. The second kappa shape index (κ2) is 7.15. The monoisotopic (exact) mass is 365 g/mol. The number of benzene rings is 1. The highest BCUT2D eigenvalue weighted by molar-refractivity contribution is 5.73. The Labute approximate surface area is 160 Å². The maximum atomic E-state index is 4.70. The Bertz CT molecular complexity index is 921. The molecule has 0 radical (unpaired) electrons. The normalized spacial score (nSPS) is 15.7. The van der Waals surface area contributed by atoms with Gasteiger partial charge in [-0.3, -0.25) is 0 Å². The Kier molecular flexibility index (Phi) is 4.70. The largest absolute Gasteiger partial charge is 0.369 e. The smallest absolute Gasteiger partial charge is 0.229 e. The number of piperazine rings is 1. The van der Waals surface area contributed by atoms with Gasteiger partial charge < -0.3 is 19.7 Å². The second-order valence-electron chi connectivity index (χ2n) is 7.49. The lowest BCUT2D eigenvalue weighted by atomic mass is 10.2. The molecule has 3 heterocycles. The van der Waals surface area contributed by atoms with Crippen LogP contribution in [0.5, 0.6) is 0 Å². The van der Waals surface area contributed by atoms with E-state index in [2.05, 4.69) is 74.8 Å². The predicted octanol–water partition coefficient (Wildman–Crippen LogP) is 3.21. The number of aryl methyl sites for hydroxylation is 1.